The summed E-state index contributed by atoms with van der Waals surface area (Å²) in [7, 11) is 0. The van der Waals surface area contributed by atoms with E-state index in [1.54, 1.807) is 0 Å². The summed E-state index contributed by atoms with van der Waals surface area (Å²) in [6.07, 6.45) is 2.00. The lowest BCUT2D eigenvalue weighted by Crippen LogP contribution is -2.49. The van der Waals surface area contributed by atoms with Gasteiger partial charge in [0.25, 0.3) is 0 Å². The molecule has 136 valence electrons. The van der Waals surface area contributed by atoms with Gasteiger partial charge in [0.05, 0.1) is 19.3 Å². The Bertz CT molecular complexity index is 607. The van der Waals surface area contributed by atoms with Crippen LogP contribution in [0.5, 0.6) is 0 Å². The normalized spacial score (nSPS) is 20.0. The van der Waals surface area contributed by atoms with Crippen LogP contribution >= 0.6 is 0 Å². The summed E-state index contributed by atoms with van der Waals surface area (Å²) in [6.45, 7) is 6.49. The standard InChI is InChI=1S/C19H27N3O3/c1-13(20-14(2)19(24)22-9-11-25-12-10-22)15-5-7-17(8-6-15)21-18(23)16-3-4-16/h5-8,13-14,16,20H,3-4,9-12H2,1-2H3,(H,21,23)/t13-,14+/m1/s1. The molecule has 0 aromatic heterocycles. The van der Waals surface area contributed by atoms with E-state index >= 15 is 0 Å². The molecule has 0 bridgehead atoms. The Morgan fingerprint density at radius 3 is 2.36 bits per heavy atom. The number of amides is 2. The van der Waals surface area contributed by atoms with Crippen LogP contribution in [0.1, 0.15) is 38.3 Å². The average molecular weight is 345 g/mol. The molecule has 0 unspecified atom stereocenters. The monoisotopic (exact) mass is 345 g/mol. The molecule has 1 aliphatic heterocycles. The van der Waals surface area contributed by atoms with Crippen LogP contribution in [0.2, 0.25) is 0 Å². The van der Waals surface area contributed by atoms with E-state index in [1.165, 1.54) is 0 Å². The third kappa shape index (κ3) is 4.80. The molecule has 1 aromatic carbocycles. The molecule has 2 N–H and O–H groups in total. The summed E-state index contributed by atoms with van der Waals surface area (Å²) in [5.41, 5.74) is 1.91. The van der Waals surface area contributed by atoms with Crippen LogP contribution in [0.15, 0.2) is 24.3 Å². The van der Waals surface area contributed by atoms with Crippen LogP contribution < -0.4 is 10.6 Å². The third-order valence-electron chi connectivity index (χ3n) is 4.82. The molecule has 0 radical (unpaired) electrons. The minimum absolute atomic E-state index is 0.0492. The van der Waals surface area contributed by atoms with Crippen molar-refractivity contribution >= 4 is 17.5 Å². The first-order chi connectivity index (χ1) is 12.0. The molecular weight excluding hydrogens is 318 g/mol. The van der Waals surface area contributed by atoms with Crippen LogP contribution in [0, 0.1) is 5.92 Å². The molecule has 1 aliphatic carbocycles. The highest BCUT2D eigenvalue weighted by molar-refractivity contribution is 5.94. The molecule has 0 spiro atoms. The maximum Gasteiger partial charge on any atom is 0.239 e. The fourth-order valence-corrected chi connectivity index (χ4v) is 3.05. The molecule has 2 fully saturated rings. The number of carbonyl (C=O) groups excluding carboxylic acids is 2. The summed E-state index contributed by atoms with van der Waals surface area (Å²) in [5, 5.41) is 6.30. The van der Waals surface area contributed by atoms with Crippen molar-refractivity contribution in [2.75, 3.05) is 31.6 Å². The quantitative estimate of drug-likeness (QED) is 0.826. The lowest BCUT2D eigenvalue weighted by molar-refractivity contribution is -0.137. The Morgan fingerprint density at radius 1 is 1.12 bits per heavy atom. The first-order valence-electron chi connectivity index (χ1n) is 9.08. The number of carbonyl (C=O) groups is 2. The van der Waals surface area contributed by atoms with E-state index in [0.717, 1.165) is 24.1 Å². The molecular formula is C19H27N3O3. The Morgan fingerprint density at radius 2 is 1.76 bits per heavy atom. The number of nitrogens with zero attached hydrogens (tertiary/aromatic N) is 1. The van der Waals surface area contributed by atoms with Gasteiger partial charge in [-0.25, -0.2) is 0 Å². The minimum Gasteiger partial charge on any atom is -0.378 e. The predicted octanol–water partition coefficient (Wildman–Crippen LogP) is 1.93. The number of morpholine rings is 1. The molecule has 3 rings (SSSR count). The number of benzene rings is 1. The van der Waals surface area contributed by atoms with E-state index < -0.39 is 0 Å². The van der Waals surface area contributed by atoms with Gasteiger partial charge in [0.1, 0.15) is 0 Å². The zero-order chi connectivity index (χ0) is 17.8. The van der Waals surface area contributed by atoms with Crippen molar-refractivity contribution in [3.63, 3.8) is 0 Å². The van der Waals surface area contributed by atoms with E-state index in [-0.39, 0.29) is 29.8 Å². The fourth-order valence-electron chi connectivity index (χ4n) is 3.05. The van der Waals surface area contributed by atoms with Gasteiger partial charge in [-0.15, -0.1) is 0 Å². The van der Waals surface area contributed by atoms with Gasteiger partial charge in [-0.05, 0) is 44.4 Å². The van der Waals surface area contributed by atoms with Gasteiger partial charge in [-0.1, -0.05) is 12.1 Å². The van der Waals surface area contributed by atoms with Crippen LogP contribution in [0.3, 0.4) is 0 Å². The summed E-state index contributed by atoms with van der Waals surface area (Å²) < 4.78 is 5.29. The Balaban J connectivity index is 1.52. The smallest absolute Gasteiger partial charge is 0.239 e. The van der Waals surface area contributed by atoms with Crippen LogP contribution in [-0.2, 0) is 14.3 Å². The van der Waals surface area contributed by atoms with Crippen molar-refractivity contribution in [1.29, 1.82) is 0 Å². The van der Waals surface area contributed by atoms with Gasteiger partial charge in [-0.2, -0.15) is 0 Å². The molecule has 6 heteroatoms. The highest BCUT2D eigenvalue weighted by Gasteiger charge is 2.29. The van der Waals surface area contributed by atoms with Crippen LogP contribution in [0.4, 0.5) is 5.69 Å². The van der Waals surface area contributed by atoms with Gasteiger partial charge < -0.3 is 15.0 Å². The lowest BCUT2D eigenvalue weighted by atomic mass is 10.1. The van der Waals surface area contributed by atoms with E-state index in [1.807, 2.05) is 43.0 Å². The molecule has 1 saturated heterocycles. The second kappa shape index (κ2) is 7.97. The summed E-state index contributed by atoms with van der Waals surface area (Å²) >= 11 is 0. The van der Waals surface area contributed by atoms with Crippen molar-refractivity contribution in [3.05, 3.63) is 29.8 Å². The second-order valence-electron chi connectivity index (χ2n) is 6.93. The number of hydrogen-bond donors (Lipinski definition) is 2. The molecule has 1 aromatic rings. The highest BCUT2D eigenvalue weighted by Crippen LogP contribution is 2.30. The summed E-state index contributed by atoms with van der Waals surface area (Å²) in [6, 6.07) is 7.62. The molecule has 1 saturated carbocycles. The number of ether oxygens (including phenoxy) is 1. The minimum atomic E-state index is -0.248. The molecule has 1 heterocycles. The van der Waals surface area contributed by atoms with Gasteiger partial charge in [0, 0.05) is 30.7 Å². The van der Waals surface area contributed by atoms with E-state index in [4.69, 9.17) is 4.74 Å². The highest BCUT2D eigenvalue weighted by atomic mass is 16.5. The van der Waals surface area contributed by atoms with Crippen molar-refractivity contribution < 1.29 is 14.3 Å². The number of rotatable bonds is 6. The van der Waals surface area contributed by atoms with Crippen molar-refractivity contribution in [3.8, 4) is 0 Å². The van der Waals surface area contributed by atoms with Gasteiger partial charge in [-0.3, -0.25) is 14.9 Å². The van der Waals surface area contributed by atoms with E-state index in [9.17, 15) is 9.59 Å². The maximum atomic E-state index is 12.5. The molecule has 6 nitrogen and oxygen atoms in total. The van der Waals surface area contributed by atoms with Crippen LogP contribution in [0.25, 0.3) is 0 Å². The van der Waals surface area contributed by atoms with E-state index in [2.05, 4.69) is 10.6 Å². The SMILES string of the molecule is C[C@H](N[C@H](C)c1ccc(NC(=O)C2CC2)cc1)C(=O)N1CCOCC1. The van der Waals surface area contributed by atoms with Crippen molar-refractivity contribution in [1.82, 2.24) is 10.2 Å². The average Bonchev–Trinajstić information content (AvgIpc) is 3.47. The Hall–Kier alpha value is -1.92. The molecule has 2 amide bonds. The zero-order valence-corrected chi connectivity index (χ0v) is 15.0. The molecule has 2 atom stereocenters. The zero-order valence-electron chi connectivity index (χ0n) is 15.0. The van der Waals surface area contributed by atoms with Crippen LogP contribution in [-0.4, -0.2) is 49.1 Å². The largest absolute Gasteiger partial charge is 0.378 e. The number of anilines is 1. The summed E-state index contributed by atoms with van der Waals surface area (Å²) in [4.78, 5) is 26.1. The van der Waals surface area contributed by atoms with Gasteiger partial charge in [0.2, 0.25) is 11.8 Å². The van der Waals surface area contributed by atoms with E-state index in [0.29, 0.717) is 26.3 Å². The predicted molar refractivity (Wildman–Crippen MR) is 96.2 cm³/mol. The topological polar surface area (TPSA) is 70.7 Å². The Labute approximate surface area is 148 Å². The first-order valence-corrected chi connectivity index (χ1v) is 9.08. The Kier molecular flexibility index (Phi) is 5.71. The molecule has 25 heavy (non-hydrogen) atoms. The fraction of sp³-hybridized carbons (Fsp3) is 0.579. The maximum absolute atomic E-state index is 12.5. The number of hydrogen-bond acceptors (Lipinski definition) is 4. The summed E-state index contributed by atoms with van der Waals surface area (Å²) in [5.74, 6) is 0.430. The van der Waals surface area contributed by atoms with Crippen molar-refractivity contribution in [2.24, 2.45) is 5.92 Å². The van der Waals surface area contributed by atoms with Gasteiger partial charge >= 0.3 is 0 Å². The first kappa shape index (κ1) is 17.9. The second-order valence-corrected chi connectivity index (χ2v) is 6.93. The molecule has 2 aliphatic rings. The number of nitrogens with one attached hydrogen (secondary N) is 2. The lowest BCUT2D eigenvalue weighted by Gasteiger charge is -2.30. The third-order valence-corrected chi connectivity index (χ3v) is 4.82. The van der Waals surface area contributed by atoms with Crippen molar-refractivity contribution in [2.45, 2.75) is 38.8 Å². The van der Waals surface area contributed by atoms with Gasteiger partial charge in [0.15, 0.2) is 0 Å².